The smallest absolute Gasteiger partial charge is 0.410 e. The van der Waals surface area contributed by atoms with Gasteiger partial charge in [-0.2, -0.15) is 0 Å². The van der Waals surface area contributed by atoms with Gasteiger partial charge in [0, 0.05) is 36.9 Å². The normalized spacial score (nSPS) is 18.9. The largest absolute Gasteiger partial charge is 0.444 e. The SMILES string of the molecule is Cc1ccc(Cl)cc1NC(=O)[C@H](C)N1CC[C@H](N(C)C(=O)OC(C)(C)C)C1. The van der Waals surface area contributed by atoms with Crippen molar-refractivity contribution >= 4 is 29.3 Å². The van der Waals surface area contributed by atoms with Crippen LogP contribution in [0.2, 0.25) is 5.02 Å². The summed E-state index contributed by atoms with van der Waals surface area (Å²) in [4.78, 5) is 28.6. The number of hydrogen-bond donors (Lipinski definition) is 1. The predicted molar refractivity (Wildman–Crippen MR) is 108 cm³/mol. The molecule has 150 valence electrons. The zero-order chi connectivity index (χ0) is 20.4. The van der Waals surface area contributed by atoms with Crippen LogP contribution < -0.4 is 5.32 Å². The molecule has 1 N–H and O–H groups in total. The number of likely N-dealkylation sites (N-methyl/N-ethyl adjacent to an activating group) is 1. The molecule has 0 spiro atoms. The molecule has 1 aliphatic rings. The first-order valence-corrected chi connectivity index (χ1v) is 9.62. The second-order valence-electron chi connectivity index (χ2n) is 8.15. The summed E-state index contributed by atoms with van der Waals surface area (Å²) in [5.41, 5.74) is 1.16. The number of amides is 2. The minimum absolute atomic E-state index is 0.0306. The third-order valence-electron chi connectivity index (χ3n) is 4.81. The lowest BCUT2D eigenvalue weighted by Gasteiger charge is -2.29. The number of halogens is 1. The number of rotatable bonds is 4. The highest BCUT2D eigenvalue weighted by Gasteiger charge is 2.34. The van der Waals surface area contributed by atoms with Crippen molar-refractivity contribution in [2.24, 2.45) is 0 Å². The molecule has 2 rings (SSSR count). The lowest BCUT2D eigenvalue weighted by molar-refractivity contribution is -0.120. The summed E-state index contributed by atoms with van der Waals surface area (Å²) in [5, 5.41) is 3.54. The van der Waals surface area contributed by atoms with E-state index < -0.39 is 5.60 Å². The third-order valence-corrected chi connectivity index (χ3v) is 5.04. The van der Waals surface area contributed by atoms with Gasteiger partial charge in [-0.05, 0) is 58.7 Å². The van der Waals surface area contributed by atoms with Crippen molar-refractivity contribution in [2.75, 3.05) is 25.5 Å². The molecule has 1 aromatic carbocycles. The van der Waals surface area contributed by atoms with Gasteiger partial charge in [-0.1, -0.05) is 17.7 Å². The Labute approximate surface area is 166 Å². The van der Waals surface area contributed by atoms with Crippen LogP contribution in [0.1, 0.15) is 39.7 Å². The van der Waals surface area contributed by atoms with Crippen LogP contribution >= 0.6 is 11.6 Å². The van der Waals surface area contributed by atoms with Gasteiger partial charge in [0.2, 0.25) is 5.91 Å². The van der Waals surface area contributed by atoms with Crippen molar-refractivity contribution < 1.29 is 14.3 Å². The van der Waals surface area contributed by atoms with Crippen LogP contribution in [0.25, 0.3) is 0 Å². The van der Waals surface area contributed by atoms with Crippen LogP contribution in [0.3, 0.4) is 0 Å². The van der Waals surface area contributed by atoms with Gasteiger partial charge in [0.15, 0.2) is 0 Å². The Hall–Kier alpha value is -1.79. The number of aryl methyl sites for hydroxylation is 1. The highest BCUT2D eigenvalue weighted by atomic mass is 35.5. The first-order chi connectivity index (χ1) is 12.5. The molecule has 7 heteroatoms. The molecule has 0 unspecified atom stereocenters. The number of benzene rings is 1. The predicted octanol–water partition coefficient (Wildman–Crippen LogP) is 3.92. The Kier molecular flexibility index (Phi) is 6.76. The second-order valence-corrected chi connectivity index (χ2v) is 8.59. The number of nitrogens with zero attached hydrogens (tertiary/aromatic N) is 2. The number of likely N-dealkylation sites (tertiary alicyclic amines) is 1. The monoisotopic (exact) mass is 395 g/mol. The van der Waals surface area contributed by atoms with E-state index in [1.54, 1.807) is 24.1 Å². The number of anilines is 1. The fourth-order valence-electron chi connectivity index (χ4n) is 3.05. The van der Waals surface area contributed by atoms with E-state index in [1.165, 1.54) is 0 Å². The Bertz CT molecular complexity index is 702. The lowest BCUT2D eigenvalue weighted by atomic mass is 10.2. The summed E-state index contributed by atoms with van der Waals surface area (Å²) in [5.74, 6) is -0.0825. The van der Waals surface area contributed by atoms with E-state index in [4.69, 9.17) is 16.3 Å². The first-order valence-electron chi connectivity index (χ1n) is 9.25. The van der Waals surface area contributed by atoms with Gasteiger partial charge in [-0.25, -0.2) is 4.79 Å². The second kappa shape index (κ2) is 8.48. The van der Waals surface area contributed by atoms with Crippen molar-refractivity contribution in [3.8, 4) is 0 Å². The van der Waals surface area contributed by atoms with Gasteiger partial charge >= 0.3 is 6.09 Å². The minimum Gasteiger partial charge on any atom is -0.444 e. The third kappa shape index (κ3) is 5.84. The number of nitrogens with one attached hydrogen (secondary N) is 1. The van der Waals surface area contributed by atoms with Crippen LogP contribution in [0, 0.1) is 6.92 Å². The molecule has 6 nitrogen and oxygen atoms in total. The topological polar surface area (TPSA) is 61.9 Å². The summed E-state index contributed by atoms with van der Waals surface area (Å²) in [6.45, 7) is 10.8. The maximum absolute atomic E-state index is 12.7. The standard InChI is InChI=1S/C20H30ClN3O3/c1-13-7-8-15(21)11-17(13)22-18(25)14(2)24-10-9-16(12-24)23(6)19(26)27-20(3,4)5/h7-8,11,14,16H,9-10,12H2,1-6H3,(H,22,25)/t14-,16-/m0/s1. The Morgan fingerprint density at radius 2 is 2.04 bits per heavy atom. The Balaban J connectivity index is 1.94. The molecule has 0 aliphatic carbocycles. The van der Waals surface area contributed by atoms with Crippen molar-refractivity contribution in [2.45, 2.75) is 58.7 Å². The molecule has 0 saturated carbocycles. The van der Waals surface area contributed by atoms with Gasteiger partial charge in [-0.3, -0.25) is 9.69 Å². The Morgan fingerprint density at radius 1 is 1.37 bits per heavy atom. The van der Waals surface area contributed by atoms with E-state index in [9.17, 15) is 9.59 Å². The maximum atomic E-state index is 12.7. The molecule has 2 amide bonds. The molecule has 1 heterocycles. The molecule has 0 radical (unpaired) electrons. The van der Waals surface area contributed by atoms with Crippen molar-refractivity contribution in [1.29, 1.82) is 0 Å². The Morgan fingerprint density at radius 3 is 2.67 bits per heavy atom. The molecule has 27 heavy (non-hydrogen) atoms. The van der Waals surface area contributed by atoms with Gasteiger partial charge < -0.3 is 15.0 Å². The average molecular weight is 396 g/mol. The highest BCUT2D eigenvalue weighted by molar-refractivity contribution is 6.31. The number of carbonyl (C=O) groups is 2. The van der Waals surface area contributed by atoms with Crippen LogP contribution in [0.4, 0.5) is 10.5 Å². The van der Waals surface area contributed by atoms with E-state index >= 15 is 0 Å². The fourth-order valence-corrected chi connectivity index (χ4v) is 3.22. The number of carbonyl (C=O) groups excluding carboxylic acids is 2. The van der Waals surface area contributed by atoms with Crippen LogP contribution in [-0.2, 0) is 9.53 Å². The van der Waals surface area contributed by atoms with Crippen LogP contribution in [0.5, 0.6) is 0 Å². The lowest BCUT2D eigenvalue weighted by Crippen LogP contribution is -2.45. The number of ether oxygens (including phenoxy) is 1. The zero-order valence-corrected chi connectivity index (χ0v) is 17.8. The summed E-state index contributed by atoms with van der Waals surface area (Å²) >= 11 is 6.03. The molecule has 1 aliphatic heterocycles. The van der Waals surface area contributed by atoms with Crippen LogP contribution in [0.15, 0.2) is 18.2 Å². The fraction of sp³-hybridized carbons (Fsp3) is 0.600. The quantitative estimate of drug-likeness (QED) is 0.839. The molecular weight excluding hydrogens is 366 g/mol. The molecule has 0 aromatic heterocycles. The molecule has 1 fully saturated rings. The zero-order valence-electron chi connectivity index (χ0n) is 17.0. The van der Waals surface area contributed by atoms with Crippen molar-refractivity contribution in [3.05, 3.63) is 28.8 Å². The molecule has 0 bridgehead atoms. The van der Waals surface area contributed by atoms with E-state index in [0.717, 1.165) is 24.2 Å². The minimum atomic E-state index is -0.522. The van der Waals surface area contributed by atoms with Crippen molar-refractivity contribution in [3.63, 3.8) is 0 Å². The molecule has 2 atom stereocenters. The van der Waals surface area contributed by atoms with Gasteiger partial charge in [0.05, 0.1) is 6.04 Å². The summed E-state index contributed by atoms with van der Waals surface area (Å²) in [6, 6.07) is 5.16. The van der Waals surface area contributed by atoms with Gasteiger partial charge in [-0.15, -0.1) is 0 Å². The summed E-state index contributed by atoms with van der Waals surface area (Å²) in [7, 11) is 1.75. The molecule has 1 aromatic rings. The molecular formula is C20H30ClN3O3. The van der Waals surface area contributed by atoms with E-state index in [0.29, 0.717) is 11.6 Å². The first kappa shape index (κ1) is 21.5. The van der Waals surface area contributed by atoms with Crippen molar-refractivity contribution in [1.82, 2.24) is 9.80 Å². The summed E-state index contributed by atoms with van der Waals surface area (Å²) in [6.07, 6.45) is 0.477. The number of hydrogen-bond acceptors (Lipinski definition) is 4. The van der Waals surface area contributed by atoms with E-state index in [1.807, 2.05) is 40.7 Å². The highest BCUT2D eigenvalue weighted by Crippen LogP contribution is 2.23. The maximum Gasteiger partial charge on any atom is 0.410 e. The molecule has 1 saturated heterocycles. The van der Waals surface area contributed by atoms with E-state index in [2.05, 4.69) is 10.2 Å². The van der Waals surface area contributed by atoms with Gasteiger partial charge in [0.1, 0.15) is 5.60 Å². The van der Waals surface area contributed by atoms with Gasteiger partial charge in [0.25, 0.3) is 0 Å². The average Bonchev–Trinajstić information content (AvgIpc) is 3.05. The van der Waals surface area contributed by atoms with Crippen LogP contribution in [-0.4, -0.2) is 59.6 Å². The van der Waals surface area contributed by atoms with E-state index in [-0.39, 0.29) is 24.1 Å². The summed E-state index contributed by atoms with van der Waals surface area (Å²) < 4.78 is 5.44.